The smallest absolute Gasteiger partial charge is 0.166 e. The first-order chi connectivity index (χ1) is 11.7. The summed E-state index contributed by atoms with van der Waals surface area (Å²) in [5.74, 6) is 0.904. The molecule has 1 saturated heterocycles. The number of unbranched alkanes of at least 4 members (excludes halogenated alkanes) is 1. The average Bonchev–Trinajstić information content (AvgIpc) is 2.63. The van der Waals surface area contributed by atoms with Gasteiger partial charge in [-0.3, -0.25) is 4.90 Å². The first kappa shape index (κ1) is 19.0. The van der Waals surface area contributed by atoms with Crippen molar-refractivity contribution < 1.29 is 4.74 Å². The maximum absolute atomic E-state index is 5.42. The van der Waals surface area contributed by atoms with Crippen LogP contribution in [0.25, 0.3) is 0 Å². The number of nitrogens with one attached hydrogen (secondary N) is 2. The molecule has 2 N–H and O–H groups in total. The zero-order valence-corrected chi connectivity index (χ0v) is 15.8. The Labute approximate surface area is 152 Å². The maximum atomic E-state index is 5.42. The summed E-state index contributed by atoms with van der Waals surface area (Å²) in [6, 6.07) is 8.79. The van der Waals surface area contributed by atoms with Crippen LogP contribution in [0.3, 0.4) is 0 Å². The predicted octanol–water partition coefficient (Wildman–Crippen LogP) is 3.49. The lowest BCUT2D eigenvalue weighted by Gasteiger charge is -2.35. The molecule has 0 aromatic heterocycles. The molecule has 0 spiro atoms. The molecular formula is C19H31N3OS. The van der Waals surface area contributed by atoms with Crippen LogP contribution in [-0.2, 0) is 0 Å². The van der Waals surface area contributed by atoms with E-state index in [1.54, 1.807) is 7.11 Å². The molecule has 2 rings (SSSR count). The Bertz CT molecular complexity index is 486. The Morgan fingerprint density at radius 2 is 1.88 bits per heavy atom. The number of hydrogen-bond acceptors (Lipinski definition) is 3. The van der Waals surface area contributed by atoms with Gasteiger partial charge in [0.25, 0.3) is 0 Å². The summed E-state index contributed by atoms with van der Waals surface area (Å²) in [5, 5.41) is 7.47. The summed E-state index contributed by atoms with van der Waals surface area (Å²) >= 11 is 5.42. The Morgan fingerprint density at radius 1 is 1.17 bits per heavy atom. The van der Waals surface area contributed by atoms with E-state index in [4.69, 9.17) is 17.0 Å². The van der Waals surface area contributed by atoms with Crippen LogP contribution in [0, 0.1) is 0 Å². The molecule has 1 aliphatic rings. The summed E-state index contributed by atoms with van der Waals surface area (Å²) in [4.78, 5) is 2.58. The quantitative estimate of drug-likeness (QED) is 0.555. The second-order valence-corrected chi connectivity index (χ2v) is 6.78. The second-order valence-electron chi connectivity index (χ2n) is 6.38. The lowest BCUT2D eigenvalue weighted by Crippen LogP contribution is -2.43. The van der Waals surface area contributed by atoms with Crippen LogP contribution in [0.5, 0.6) is 5.75 Å². The number of methoxy groups -OCH3 is 1. The van der Waals surface area contributed by atoms with Gasteiger partial charge in [0.1, 0.15) is 5.75 Å². The van der Waals surface area contributed by atoms with Crippen LogP contribution in [0.4, 0.5) is 0 Å². The van der Waals surface area contributed by atoms with Crippen molar-refractivity contribution in [1.82, 2.24) is 15.5 Å². The van der Waals surface area contributed by atoms with E-state index < -0.39 is 0 Å². The van der Waals surface area contributed by atoms with Crippen LogP contribution in [-0.4, -0.2) is 43.3 Å². The monoisotopic (exact) mass is 349 g/mol. The highest BCUT2D eigenvalue weighted by Gasteiger charge is 2.22. The fourth-order valence-electron chi connectivity index (χ4n) is 3.14. The van der Waals surface area contributed by atoms with E-state index in [0.29, 0.717) is 6.04 Å². The average molecular weight is 350 g/mol. The number of thiocarbonyl (C=S) groups is 1. The molecule has 134 valence electrons. The highest BCUT2D eigenvalue weighted by Crippen LogP contribution is 2.25. The van der Waals surface area contributed by atoms with Crippen molar-refractivity contribution in [3.05, 3.63) is 29.8 Å². The minimum atomic E-state index is 0.349. The molecule has 0 bridgehead atoms. The molecule has 0 saturated carbocycles. The summed E-state index contributed by atoms with van der Waals surface area (Å²) in [7, 11) is 1.71. The first-order valence-corrected chi connectivity index (χ1v) is 9.55. The van der Waals surface area contributed by atoms with E-state index in [1.807, 2.05) is 12.1 Å². The van der Waals surface area contributed by atoms with Gasteiger partial charge in [-0.1, -0.05) is 31.9 Å². The molecule has 1 heterocycles. The lowest BCUT2D eigenvalue weighted by atomic mass is 10.0. The zero-order chi connectivity index (χ0) is 17.2. The molecule has 0 amide bonds. The van der Waals surface area contributed by atoms with Crippen molar-refractivity contribution in [2.24, 2.45) is 0 Å². The van der Waals surface area contributed by atoms with E-state index in [2.05, 4.69) is 34.6 Å². The van der Waals surface area contributed by atoms with Gasteiger partial charge in [-0.15, -0.1) is 0 Å². The van der Waals surface area contributed by atoms with Crippen LogP contribution in [0.2, 0.25) is 0 Å². The molecule has 24 heavy (non-hydrogen) atoms. The molecule has 0 aliphatic carbocycles. The van der Waals surface area contributed by atoms with Crippen molar-refractivity contribution >= 4 is 17.3 Å². The van der Waals surface area contributed by atoms with Gasteiger partial charge >= 0.3 is 0 Å². The van der Waals surface area contributed by atoms with Crippen LogP contribution in [0.15, 0.2) is 24.3 Å². The van der Waals surface area contributed by atoms with Crippen LogP contribution >= 0.6 is 12.2 Å². The zero-order valence-electron chi connectivity index (χ0n) is 15.0. The Hall–Kier alpha value is -1.33. The van der Waals surface area contributed by atoms with Gasteiger partial charge in [-0.2, -0.15) is 0 Å². The maximum Gasteiger partial charge on any atom is 0.166 e. The topological polar surface area (TPSA) is 36.5 Å². The van der Waals surface area contributed by atoms with E-state index in [0.717, 1.165) is 43.5 Å². The van der Waals surface area contributed by atoms with E-state index >= 15 is 0 Å². The normalized spacial score (nSPS) is 16.4. The molecule has 1 unspecified atom stereocenters. The summed E-state index contributed by atoms with van der Waals surface area (Å²) in [6.45, 7) is 6.29. The Kier molecular flexibility index (Phi) is 8.33. The predicted molar refractivity (Wildman–Crippen MR) is 105 cm³/mol. The van der Waals surface area contributed by atoms with E-state index in [1.165, 1.54) is 31.2 Å². The third-order valence-electron chi connectivity index (χ3n) is 4.60. The molecular weight excluding hydrogens is 318 g/mol. The number of rotatable bonds is 8. The molecule has 1 fully saturated rings. The van der Waals surface area contributed by atoms with Crippen molar-refractivity contribution in [1.29, 1.82) is 0 Å². The molecule has 5 heteroatoms. The molecule has 1 atom stereocenters. The van der Waals surface area contributed by atoms with Gasteiger partial charge in [-0.05, 0) is 62.3 Å². The highest BCUT2D eigenvalue weighted by molar-refractivity contribution is 7.80. The molecule has 1 aromatic rings. The minimum absolute atomic E-state index is 0.349. The highest BCUT2D eigenvalue weighted by atomic mass is 32.1. The third kappa shape index (κ3) is 5.95. The Balaban J connectivity index is 1.98. The van der Waals surface area contributed by atoms with Gasteiger partial charge in [-0.25, -0.2) is 0 Å². The lowest BCUT2D eigenvalue weighted by molar-refractivity contribution is 0.164. The van der Waals surface area contributed by atoms with Crippen molar-refractivity contribution in [2.75, 3.05) is 33.3 Å². The summed E-state index contributed by atoms with van der Waals surface area (Å²) < 4.78 is 5.29. The minimum Gasteiger partial charge on any atom is -0.497 e. The molecule has 1 aliphatic heterocycles. The molecule has 1 aromatic carbocycles. The SMILES string of the molecule is CCCCNC(=S)NCC(c1ccc(OC)cc1)N1CCCCC1. The number of benzene rings is 1. The fourth-order valence-corrected chi connectivity index (χ4v) is 3.33. The Morgan fingerprint density at radius 3 is 2.50 bits per heavy atom. The number of piperidine rings is 1. The largest absolute Gasteiger partial charge is 0.497 e. The number of hydrogen-bond donors (Lipinski definition) is 2. The standard InChI is InChI=1S/C19H31N3OS/c1-3-4-12-20-19(24)21-15-18(22-13-6-5-7-14-22)16-8-10-17(23-2)11-9-16/h8-11,18H,3-7,12-15H2,1-2H3,(H2,20,21,24). The summed E-state index contributed by atoms with van der Waals surface area (Å²) in [5.41, 5.74) is 1.32. The van der Waals surface area contributed by atoms with E-state index in [-0.39, 0.29) is 0 Å². The van der Waals surface area contributed by atoms with E-state index in [9.17, 15) is 0 Å². The fraction of sp³-hybridized carbons (Fsp3) is 0.632. The number of ether oxygens (including phenoxy) is 1. The van der Waals surface area contributed by atoms with Gasteiger partial charge in [0.15, 0.2) is 5.11 Å². The first-order valence-electron chi connectivity index (χ1n) is 9.14. The molecule has 0 radical (unpaired) electrons. The van der Waals surface area contributed by atoms with Crippen molar-refractivity contribution in [2.45, 2.75) is 45.1 Å². The van der Waals surface area contributed by atoms with Gasteiger partial charge in [0.2, 0.25) is 0 Å². The second kappa shape index (κ2) is 10.5. The van der Waals surface area contributed by atoms with Gasteiger partial charge in [0, 0.05) is 13.1 Å². The van der Waals surface area contributed by atoms with Gasteiger partial charge < -0.3 is 15.4 Å². The van der Waals surface area contributed by atoms with Gasteiger partial charge in [0.05, 0.1) is 13.2 Å². The third-order valence-corrected chi connectivity index (χ3v) is 4.89. The molecule has 4 nitrogen and oxygen atoms in total. The number of nitrogens with zero attached hydrogens (tertiary/aromatic N) is 1. The summed E-state index contributed by atoms with van der Waals surface area (Å²) in [6.07, 6.45) is 6.24. The number of likely N-dealkylation sites (tertiary alicyclic amines) is 1. The van der Waals surface area contributed by atoms with Crippen LogP contribution < -0.4 is 15.4 Å². The van der Waals surface area contributed by atoms with Crippen molar-refractivity contribution in [3.8, 4) is 5.75 Å². The van der Waals surface area contributed by atoms with Crippen LogP contribution in [0.1, 0.15) is 50.6 Å². The van der Waals surface area contributed by atoms with Crippen molar-refractivity contribution in [3.63, 3.8) is 0 Å².